The molecule has 1 aromatic carbocycles. The van der Waals surface area contributed by atoms with Gasteiger partial charge in [0.2, 0.25) is 0 Å². The Morgan fingerprint density at radius 1 is 1.27 bits per heavy atom. The van der Waals surface area contributed by atoms with Crippen molar-refractivity contribution in [2.24, 2.45) is 0 Å². The molecule has 0 saturated heterocycles. The summed E-state index contributed by atoms with van der Waals surface area (Å²) in [6.45, 7) is 0. The maximum atomic E-state index is 9.78. The summed E-state index contributed by atoms with van der Waals surface area (Å²) in [5.41, 5.74) is 2.62. The van der Waals surface area contributed by atoms with Crippen molar-refractivity contribution in [2.75, 3.05) is 0 Å². The molecule has 80 valence electrons. The Kier molecular flexibility index (Phi) is 2.10. The largest absolute Gasteiger partial charge is 0.390 e. The standard InChI is InChI=1S/C14H18O/c15-14(8-9-14)7-6-11-2-1-3-13(10-11)12-4-5-12/h1-3,10,12,15H,4-9H2. The van der Waals surface area contributed by atoms with Crippen molar-refractivity contribution in [3.05, 3.63) is 35.4 Å². The number of hydrogen-bond donors (Lipinski definition) is 1. The number of aryl methyl sites for hydroxylation is 1. The fourth-order valence-corrected chi connectivity index (χ4v) is 2.19. The average molecular weight is 202 g/mol. The SMILES string of the molecule is OC1(CCc2cccc(C3CC3)c2)CC1. The van der Waals surface area contributed by atoms with Crippen LogP contribution in [0.1, 0.15) is 49.1 Å². The monoisotopic (exact) mass is 202 g/mol. The average Bonchev–Trinajstić information content (AvgIpc) is 3.11. The van der Waals surface area contributed by atoms with Gasteiger partial charge in [0.05, 0.1) is 5.60 Å². The summed E-state index contributed by atoms with van der Waals surface area (Å²) < 4.78 is 0. The molecule has 2 saturated carbocycles. The molecule has 2 fully saturated rings. The molecule has 2 aliphatic rings. The molecule has 0 aliphatic heterocycles. The second kappa shape index (κ2) is 3.34. The second-order valence-corrected chi connectivity index (χ2v) is 5.24. The van der Waals surface area contributed by atoms with Crippen LogP contribution in [0.5, 0.6) is 0 Å². The fourth-order valence-electron chi connectivity index (χ4n) is 2.19. The highest BCUT2D eigenvalue weighted by molar-refractivity contribution is 5.29. The van der Waals surface area contributed by atoms with Crippen molar-refractivity contribution in [1.82, 2.24) is 0 Å². The Morgan fingerprint density at radius 3 is 2.73 bits per heavy atom. The van der Waals surface area contributed by atoms with E-state index in [0.717, 1.165) is 31.6 Å². The lowest BCUT2D eigenvalue weighted by molar-refractivity contribution is 0.140. The highest BCUT2D eigenvalue weighted by Crippen LogP contribution is 2.41. The van der Waals surface area contributed by atoms with E-state index in [2.05, 4.69) is 24.3 Å². The molecule has 3 rings (SSSR count). The molecule has 15 heavy (non-hydrogen) atoms. The molecule has 0 bridgehead atoms. The van der Waals surface area contributed by atoms with Gasteiger partial charge in [0.15, 0.2) is 0 Å². The lowest BCUT2D eigenvalue weighted by Crippen LogP contribution is -2.07. The van der Waals surface area contributed by atoms with Crippen LogP contribution >= 0.6 is 0 Å². The van der Waals surface area contributed by atoms with Gasteiger partial charge in [-0.1, -0.05) is 24.3 Å². The van der Waals surface area contributed by atoms with Gasteiger partial charge in [-0.05, 0) is 55.6 Å². The van der Waals surface area contributed by atoms with Gasteiger partial charge in [0, 0.05) is 0 Å². The molecule has 0 radical (unpaired) electrons. The van der Waals surface area contributed by atoms with Crippen molar-refractivity contribution in [1.29, 1.82) is 0 Å². The molecule has 0 unspecified atom stereocenters. The molecule has 0 heterocycles. The van der Waals surface area contributed by atoms with Crippen LogP contribution in [0, 0.1) is 0 Å². The number of benzene rings is 1. The molecule has 1 N–H and O–H groups in total. The van der Waals surface area contributed by atoms with Crippen LogP contribution in [0.4, 0.5) is 0 Å². The third-order valence-corrected chi connectivity index (χ3v) is 3.71. The van der Waals surface area contributed by atoms with Crippen molar-refractivity contribution < 1.29 is 5.11 Å². The zero-order valence-corrected chi connectivity index (χ0v) is 9.08. The number of hydrogen-bond acceptors (Lipinski definition) is 1. The summed E-state index contributed by atoms with van der Waals surface area (Å²) in [4.78, 5) is 0. The predicted molar refractivity (Wildman–Crippen MR) is 60.9 cm³/mol. The van der Waals surface area contributed by atoms with Crippen molar-refractivity contribution in [3.8, 4) is 0 Å². The summed E-state index contributed by atoms with van der Waals surface area (Å²) in [5.74, 6) is 0.842. The summed E-state index contributed by atoms with van der Waals surface area (Å²) >= 11 is 0. The van der Waals surface area contributed by atoms with Crippen LogP contribution in [-0.2, 0) is 6.42 Å². The molecule has 2 aliphatic carbocycles. The lowest BCUT2D eigenvalue weighted by atomic mass is 10.0. The second-order valence-electron chi connectivity index (χ2n) is 5.24. The third kappa shape index (κ3) is 2.23. The van der Waals surface area contributed by atoms with Crippen LogP contribution < -0.4 is 0 Å². The maximum absolute atomic E-state index is 9.78. The van der Waals surface area contributed by atoms with Crippen LogP contribution in [0.25, 0.3) is 0 Å². The van der Waals surface area contributed by atoms with E-state index in [-0.39, 0.29) is 5.60 Å². The van der Waals surface area contributed by atoms with Crippen LogP contribution in [0.2, 0.25) is 0 Å². The quantitative estimate of drug-likeness (QED) is 0.795. The zero-order chi connectivity index (χ0) is 10.3. The summed E-state index contributed by atoms with van der Waals surface area (Å²) in [5, 5.41) is 9.78. The molecule has 0 spiro atoms. The Balaban J connectivity index is 1.65. The highest BCUT2D eigenvalue weighted by Gasteiger charge is 2.39. The van der Waals surface area contributed by atoms with Crippen molar-refractivity contribution >= 4 is 0 Å². The van der Waals surface area contributed by atoms with E-state index in [1.54, 1.807) is 0 Å². The van der Waals surface area contributed by atoms with E-state index in [0.29, 0.717) is 0 Å². The fraction of sp³-hybridized carbons (Fsp3) is 0.571. The summed E-state index contributed by atoms with van der Waals surface area (Å²) in [6.07, 6.45) is 6.74. The minimum atomic E-state index is -0.296. The van der Waals surface area contributed by atoms with Crippen molar-refractivity contribution in [2.45, 2.75) is 50.0 Å². The van der Waals surface area contributed by atoms with Crippen molar-refractivity contribution in [3.63, 3.8) is 0 Å². The first-order valence-corrected chi connectivity index (χ1v) is 6.06. The van der Waals surface area contributed by atoms with Crippen LogP contribution in [0.15, 0.2) is 24.3 Å². The zero-order valence-electron chi connectivity index (χ0n) is 9.08. The molecular formula is C14H18O. The minimum Gasteiger partial charge on any atom is -0.390 e. The van der Waals surface area contributed by atoms with E-state index in [1.165, 1.54) is 24.0 Å². The van der Waals surface area contributed by atoms with Gasteiger partial charge in [0.1, 0.15) is 0 Å². The van der Waals surface area contributed by atoms with Gasteiger partial charge in [-0.25, -0.2) is 0 Å². The van der Waals surface area contributed by atoms with E-state index in [4.69, 9.17) is 0 Å². The first kappa shape index (κ1) is 9.41. The molecule has 0 aromatic heterocycles. The molecule has 0 atom stereocenters. The summed E-state index contributed by atoms with van der Waals surface area (Å²) in [6, 6.07) is 8.94. The molecule has 1 heteroatoms. The van der Waals surface area contributed by atoms with Gasteiger partial charge >= 0.3 is 0 Å². The Bertz CT molecular complexity index is 361. The van der Waals surface area contributed by atoms with Gasteiger partial charge in [-0.15, -0.1) is 0 Å². The van der Waals surface area contributed by atoms with E-state index in [1.807, 2.05) is 0 Å². The maximum Gasteiger partial charge on any atom is 0.0653 e. The first-order chi connectivity index (χ1) is 7.25. The molecule has 0 amide bonds. The third-order valence-electron chi connectivity index (χ3n) is 3.71. The van der Waals surface area contributed by atoms with Crippen LogP contribution in [-0.4, -0.2) is 10.7 Å². The van der Waals surface area contributed by atoms with Crippen LogP contribution in [0.3, 0.4) is 0 Å². The predicted octanol–water partition coefficient (Wildman–Crippen LogP) is 3.02. The van der Waals surface area contributed by atoms with Gasteiger partial charge in [0.25, 0.3) is 0 Å². The minimum absolute atomic E-state index is 0.296. The number of aliphatic hydroxyl groups is 1. The lowest BCUT2D eigenvalue weighted by Gasteiger charge is -2.08. The Hall–Kier alpha value is -0.820. The molecular weight excluding hydrogens is 184 g/mol. The highest BCUT2D eigenvalue weighted by atomic mass is 16.3. The Labute approximate surface area is 91.1 Å². The van der Waals surface area contributed by atoms with Gasteiger partial charge < -0.3 is 5.11 Å². The van der Waals surface area contributed by atoms with E-state index < -0.39 is 0 Å². The number of rotatable bonds is 4. The van der Waals surface area contributed by atoms with E-state index in [9.17, 15) is 5.11 Å². The molecule has 1 aromatic rings. The Morgan fingerprint density at radius 2 is 2.07 bits per heavy atom. The normalized spacial score (nSPS) is 22.7. The van der Waals surface area contributed by atoms with Gasteiger partial charge in [-0.2, -0.15) is 0 Å². The first-order valence-electron chi connectivity index (χ1n) is 6.06. The smallest absolute Gasteiger partial charge is 0.0653 e. The van der Waals surface area contributed by atoms with E-state index >= 15 is 0 Å². The topological polar surface area (TPSA) is 20.2 Å². The summed E-state index contributed by atoms with van der Waals surface area (Å²) in [7, 11) is 0. The van der Waals surface area contributed by atoms with Gasteiger partial charge in [-0.3, -0.25) is 0 Å². The molecule has 1 nitrogen and oxygen atoms in total.